The average molecular weight is 383 g/mol. The number of fused-ring (bicyclic) bond motifs is 1. The van der Waals surface area contributed by atoms with E-state index >= 15 is 0 Å². The van der Waals surface area contributed by atoms with Crippen molar-refractivity contribution in [2.24, 2.45) is 0 Å². The van der Waals surface area contributed by atoms with Crippen LogP contribution in [0, 0.1) is 0 Å². The molecule has 5 nitrogen and oxygen atoms in total. The van der Waals surface area contributed by atoms with Gasteiger partial charge in [-0.3, -0.25) is 14.4 Å². The number of rotatable bonds is 7. The second kappa shape index (κ2) is 8.86. The number of para-hydroxylation sites is 1. The molecule has 3 rings (SSSR count). The van der Waals surface area contributed by atoms with Crippen LogP contribution in [0.1, 0.15) is 28.8 Å². The molecule has 1 amide bonds. The number of ether oxygens (including phenoxy) is 1. The van der Waals surface area contributed by atoms with E-state index in [0.29, 0.717) is 12.1 Å². The molecule has 0 atom stereocenters. The number of esters is 1. The van der Waals surface area contributed by atoms with Gasteiger partial charge in [-0.25, -0.2) is 0 Å². The van der Waals surface area contributed by atoms with E-state index in [0.717, 1.165) is 22.6 Å². The van der Waals surface area contributed by atoms with Gasteiger partial charge in [0.15, 0.2) is 12.4 Å². The molecule has 1 aliphatic heterocycles. The fourth-order valence-electron chi connectivity index (χ4n) is 3.03. The first-order valence-electron chi connectivity index (χ1n) is 8.79. The van der Waals surface area contributed by atoms with Crippen molar-refractivity contribution >= 4 is 35.1 Å². The van der Waals surface area contributed by atoms with Gasteiger partial charge in [0.2, 0.25) is 0 Å². The summed E-state index contributed by atoms with van der Waals surface area (Å²) in [4.78, 5) is 39.1. The number of ketones is 1. The van der Waals surface area contributed by atoms with E-state index in [4.69, 9.17) is 4.74 Å². The third-order valence-corrected chi connectivity index (χ3v) is 5.26. The third kappa shape index (κ3) is 4.77. The number of hydrogen-bond donors (Lipinski definition) is 0. The molecule has 2 aromatic rings. The van der Waals surface area contributed by atoms with E-state index in [1.54, 1.807) is 28.8 Å². The SMILES string of the molecule is CSc1ccc(C(=O)CCC(=O)OCC(=O)N2CCc3ccccc32)cc1. The van der Waals surface area contributed by atoms with Gasteiger partial charge in [-0.05, 0) is 36.4 Å². The van der Waals surface area contributed by atoms with Crippen molar-refractivity contribution in [3.05, 3.63) is 59.7 Å². The summed E-state index contributed by atoms with van der Waals surface area (Å²) in [5.74, 6) is -0.892. The number of thioether (sulfide) groups is 1. The highest BCUT2D eigenvalue weighted by Gasteiger charge is 2.24. The summed E-state index contributed by atoms with van der Waals surface area (Å²) in [7, 11) is 0. The molecule has 27 heavy (non-hydrogen) atoms. The molecule has 0 aromatic heterocycles. The van der Waals surface area contributed by atoms with Gasteiger partial charge in [0.05, 0.1) is 6.42 Å². The maximum Gasteiger partial charge on any atom is 0.306 e. The van der Waals surface area contributed by atoms with Gasteiger partial charge in [-0.2, -0.15) is 0 Å². The topological polar surface area (TPSA) is 63.7 Å². The Labute approximate surface area is 162 Å². The molecule has 2 aromatic carbocycles. The summed E-state index contributed by atoms with van der Waals surface area (Å²) >= 11 is 1.60. The fraction of sp³-hybridized carbons (Fsp3) is 0.286. The lowest BCUT2D eigenvalue weighted by Gasteiger charge is -2.17. The molecule has 0 radical (unpaired) electrons. The summed E-state index contributed by atoms with van der Waals surface area (Å²) < 4.78 is 5.07. The van der Waals surface area contributed by atoms with E-state index in [1.165, 1.54) is 0 Å². The number of hydrogen-bond acceptors (Lipinski definition) is 5. The minimum atomic E-state index is -0.537. The van der Waals surface area contributed by atoms with E-state index in [1.807, 2.05) is 42.7 Å². The quantitative estimate of drug-likeness (QED) is 0.416. The van der Waals surface area contributed by atoms with Crippen LogP contribution in [-0.2, 0) is 20.7 Å². The Morgan fingerprint density at radius 1 is 1.04 bits per heavy atom. The second-order valence-electron chi connectivity index (χ2n) is 6.24. The van der Waals surface area contributed by atoms with Crippen LogP contribution in [0.3, 0.4) is 0 Å². The zero-order valence-electron chi connectivity index (χ0n) is 15.1. The second-order valence-corrected chi connectivity index (χ2v) is 7.12. The molecule has 0 bridgehead atoms. The highest BCUT2D eigenvalue weighted by atomic mass is 32.2. The maximum atomic E-state index is 12.3. The first-order valence-corrected chi connectivity index (χ1v) is 10.0. The van der Waals surface area contributed by atoms with Crippen LogP contribution in [0.2, 0.25) is 0 Å². The highest BCUT2D eigenvalue weighted by Crippen LogP contribution is 2.27. The molecule has 0 N–H and O–H groups in total. The predicted octanol–water partition coefficient (Wildman–Crippen LogP) is 3.50. The third-order valence-electron chi connectivity index (χ3n) is 4.51. The normalized spacial score (nSPS) is 12.6. The van der Waals surface area contributed by atoms with Crippen LogP contribution in [0.25, 0.3) is 0 Å². The van der Waals surface area contributed by atoms with Crippen molar-refractivity contribution in [1.29, 1.82) is 0 Å². The summed E-state index contributed by atoms with van der Waals surface area (Å²) in [6.07, 6.45) is 2.81. The van der Waals surface area contributed by atoms with Crippen LogP contribution in [0.5, 0.6) is 0 Å². The van der Waals surface area contributed by atoms with Gasteiger partial charge in [0.25, 0.3) is 5.91 Å². The Morgan fingerprint density at radius 2 is 1.78 bits per heavy atom. The highest BCUT2D eigenvalue weighted by molar-refractivity contribution is 7.98. The molecule has 0 aliphatic carbocycles. The van der Waals surface area contributed by atoms with Crippen molar-refractivity contribution in [3.63, 3.8) is 0 Å². The Bertz CT molecular complexity index is 848. The van der Waals surface area contributed by atoms with Crippen molar-refractivity contribution < 1.29 is 19.1 Å². The van der Waals surface area contributed by atoms with Crippen LogP contribution in [-0.4, -0.2) is 37.1 Å². The molecular formula is C21H21NO4S. The lowest BCUT2D eigenvalue weighted by atomic mass is 10.1. The number of Topliss-reactive ketones (excluding diaryl/α,β-unsaturated/α-hetero) is 1. The molecule has 140 valence electrons. The van der Waals surface area contributed by atoms with E-state index in [9.17, 15) is 14.4 Å². The van der Waals surface area contributed by atoms with Gasteiger partial charge in [0.1, 0.15) is 0 Å². The first-order chi connectivity index (χ1) is 13.1. The molecule has 6 heteroatoms. The minimum absolute atomic E-state index is 0.0347. The monoisotopic (exact) mass is 383 g/mol. The number of anilines is 1. The fourth-order valence-corrected chi connectivity index (χ4v) is 3.43. The molecular weight excluding hydrogens is 362 g/mol. The Balaban J connectivity index is 1.44. The number of carbonyl (C=O) groups excluding carboxylic acids is 3. The van der Waals surface area contributed by atoms with E-state index in [2.05, 4.69) is 0 Å². The molecule has 0 saturated heterocycles. The zero-order valence-corrected chi connectivity index (χ0v) is 16.0. The molecule has 0 fully saturated rings. The number of nitrogens with zero attached hydrogens (tertiary/aromatic N) is 1. The molecule has 0 unspecified atom stereocenters. The van der Waals surface area contributed by atoms with Crippen molar-refractivity contribution in [2.45, 2.75) is 24.2 Å². The molecule has 1 aliphatic rings. The number of benzene rings is 2. The first kappa shape index (κ1) is 19.2. The van der Waals surface area contributed by atoms with Crippen LogP contribution in [0.15, 0.2) is 53.4 Å². The minimum Gasteiger partial charge on any atom is -0.456 e. The Hall–Kier alpha value is -2.60. The number of carbonyl (C=O) groups is 3. The van der Waals surface area contributed by atoms with Crippen LogP contribution >= 0.6 is 11.8 Å². The van der Waals surface area contributed by atoms with E-state index in [-0.39, 0.29) is 31.1 Å². The summed E-state index contributed by atoms with van der Waals surface area (Å²) in [6.45, 7) is 0.296. The van der Waals surface area contributed by atoms with E-state index < -0.39 is 5.97 Å². The molecule has 1 heterocycles. The Morgan fingerprint density at radius 3 is 2.52 bits per heavy atom. The largest absolute Gasteiger partial charge is 0.456 e. The van der Waals surface area contributed by atoms with Gasteiger partial charge in [0, 0.05) is 29.1 Å². The summed E-state index contributed by atoms with van der Waals surface area (Å²) in [5, 5.41) is 0. The van der Waals surface area contributed by atoms with Gasteiger partial charge in [-0.1, -0.05) is 30.3 Å². The lowest BCUT2D eigenvalue weighted by Crippen LogP contribution is -2.33. The lowest BCUT2D eigenvalue weighted by molar-refractivity contribution is -0.147. The zero-order chi connectivity index (χ0) is 19.2. The predicted molar refractivity (Wildman–Crippen MR) is 105 cm³/mol. The Kier molecular flexibility index (Phi) is 6.29. The maximum absolute atomic E-state index is 12.3. The smallest absolute Gasteiger partial charge is 0.306 e. The van der Waals surface area contributed by atoms with Crippen molar-refractivity contribution in [2.75, 3.05) is 24.3 Å². The number of amides is 1. The molecule has 0 saturated carbocycles. The van der Waals surface area contributed by atoms with Crippen LogP contribution < -0.4 is 4.90 Å². The van der Waals surface area contributed by atoms with Gasteiger partial charge < -0.3 is 9.64 Å². The van der Waals surface area contributed by atoms with Crippen molar-refractivity contribution in [3.8, 4) is 0 Å². The molecule has 0 spiro atoms. The van der Waals surface area contributed by atoms with Gasteiger partial charge in [-0.15, -0.1) is 11.8 Å². The standard InChI is InChI=1S/C21H21NO4S/c1-27-17-8-6-16(7-9-17)19(23)10-11-21(25)26-14-20(24)22-13-12-15-4-2-3-5-18(15)22/h2-9H,10-14H2,1H3. The summed E-state index contributed by atoms with van der Waals surface area (Å²) in [5.41, 5.74) is 2.57. The average Bonchev–Trinajstić information content (AvgIpc) is 3.14. The van der Waals surface area contributed by atoms with Crippen molar-refractivity contribution in [1.82, 2.24) is 0 Å². The van der Waals surface area contributed by atoms with Crippen LogP contribution in [0.4, 0.5) is 5.69 Å². The van der Waals surface area contributed by atoms with Gasteiger partial charge >= 0.3 is 5.97 Å². The summed E-state index contributed by atoms with van der Waals surface area (Å²) in [6, 6.07) is 15.0.